The van der Waals surface area contributed by atoms with Gasteiger partial charge in [0.2, 0.25) is 0 Å². The summed E-state index contributed by atoms with van der Waals surface area (Å²) in [5.74, 6) is -0.0868. The quantitative estimate of drug-likeness (QED) is 0.519. The maximum atomic E-state index is 12.5. The number of rotatable bonds is 4. The van der Waals surface area contributed by atoms with Gasteiger partial charge in [-0.2, -0.15) is 0 Å². The maximum absolute atomic E-state index is 12.5. The van der Waals surface area contributed by atoms with E-state index in [9.17, 15) is 9.59 Å². The van der Waals surface area contributed by atoms with E-state index < -0.39 is 5.97 Å². The van der Waals surface area contributed by atoms with Crippen LogP contribution in [0.4, 0.5) is 0 Å². The first kappa shape index (κ1) is 16.3. The van der Waals surface area contributed by atoms with E-state index in [1.54, 1.807) is 23.7 Å². The number of hydrogen-bond donors (Lipinski definition) is 0. The Morgan fingerprint density at radius 3 is 2.73 bits per heavy atom. The van der Waals surface area contributed by atoms with Crippen LogP contribution in [-0.2, 0) is 11.3 Å². The molecule has 0 saturated heterocycles. The van der Waals surface area contributed by atoms with E-state index in [2.05, 4.69) is 4.98 Å². The van der Waals surface area contributed by atoms with Gasteiger partial charge in [0.1, 0.15) is 17.9 Å². The maximum Gasteiger partial charge on any atom is 0.342 e. The average Bonchev–Trinajstić information content (AvgIpc) is 3.14. The van der Waals surface area contributed by atoms with Gasteiger partial charge in [-0.3, -0.25) is 9.20 Å². The van der Waals surface area contributed by atoms with Gasteiger partial charge in [0.25, 0.3) is 5.56 Å². The summed E-state index contributed by atoms with van der Waals surface area (Å²) in [6.45, 7) is -0.0849. The van der Waals surface area contributed by atoms with E-state index in [1.807, 2.05) is 24.3 Å². The fourth-order valence-electron chi connectivity index (χ4n) is 2.73. The van der Waals surface area contributed by atoms with Crippen molar-refractivity contribution in [2.45, 2.75) is 6.61 Å². The first-order chi connectivity index (χ1) is 12.7. The van der Waals surface area contributed by atoms with Crippen molar-refractivity contribution in [3.63, 3.8) is 0 Å². The SMILES string of the molecule is COc1cc2ccccc2cc1C(=O)OCc1cc(=O)n2ccsc2n1. The molecule has 4 aromatic rings. The second-order valence-corrected chi connectivity index (χ2v) is 6.49. The minimum Gasteiger partial charge on any atom is -0.496 e. The van der Waals surface area contributed by atoms with Crippen molar-refractivity contribution in [2.24, 2.45) is 0 Å². The van der Waals surface area contributed by atoms with Gasteiger partial charge in [-0.25, -0.2) is 9.78 Å². The number of carbonyl (C=O) groups is 1. The molecular formula is C19H14N2O4S. The van der Waals surface area contributed by atoms with Gasteiger partial charge in [-0.05, 0) is 22.9 Å². The lowest BCUT2D eigenvalue weighted by atomic mass is 10.1. The molecule has 2 aromatic carbocycles. The fraction of sp³-hybridized carbons (Fsp3) is 0.105. The van der Waals surface area contributed by atoms with Crippen LogP contribution in [0.1, 0.15) is 16.1 Å². The number of nitrogens with zero attached hydrogens (tertiary/aromatic N) is 2. The summed E-state index contributed by atoms with van der Waals surface area (Å²) in [6.07, 6.45) is 1.66. The molecule has 0 unspecified atom stereocenters. The Hall–Kier alpha value is -3.19. The van der Waals surface area contributed by atoms with E-state index in [4.69, 9.17) is 9.47 Å². The Bertz CT molecular complexity index is 1180. The summed E-state index contributed by atoms with van der Waals surface area (Å²) in [5.41, 5.74) is 0.538. The molecule has 0 N–H and O–H groups in total. The van der Waals surface area contributed by atoms with E-state index in [1.165, 1.54) is 28.9 Å². The number of hydrogen-bond acceptors (Lipinski definition) is 6. The van der Waals surface area contributed by atoms with Gasteiger partial charge in [0.05, 0.1) is 12.8 Å². The van der Waals surface area contributed by atoms with Crippen LogP contribution >= 0.6 is 11.3 Å². The van der Waals surface area contributed by atoms with Gasteiger partial charge in [0.15, 0.2) is 4.96 Å². The lowest BCUT2D eigenvalue weighted by Crippen LogP contribution is -2.15. The van der Waals surface area contributed by atoms with Crippen LogP contribution in [-0.4, -0.2) is 22.5 Å². The number of methoxy groups -OCH3 is 1. The second kappa shape index (κ2) is 6.61. The van der Waals surface area contributed by atoms with Crippen LogP contribution in [0.15, 0.2) is 58.8 Å². The third kappa shape index (κ3) is 2.93. The van der Waals surface area contributed by atoms with Crippen molar-refractivity contribution >= 4 is 33.0 Å². The molecule has 0 spiro atoms. The zero-order chi connectivity index (χ0) is 18.1. The highest BCUT2D eigenvalue weighted by atomic mass is 32.1. The molecule has 0 fully saturated rings. The third-order valence-electron chi connectivity index (χ3n) is 4.00. The summed E-state index contributed by atoms with van der Waals surface area (Å²) >= 11 is 1.35. The van der Waals surface area contributed by atoms with Crippen molar-refractivity contribution in [2.75, 3.05) is 7.11 Å². The summed E-state index contributed by atoms with van der Waals surface area (Å²) in [4.78, 5) is 29.4. The number of ether oxygens (including phenoxy) is 2. The molecule has 4 rings (SSSR count). The first-order valence-electron chi connectivity index (χ1n) is 7.85. The lowest BCUT2D eigenvalue weighted by Gasteiger charge is -2.10. The first-order valence-corrected chi connectivity index (χ1v) is 8.73. The monoisotopic (exact) mass is 366 g/mol. The number of esters is 1. The predicted octanol–water partition coefficient (Wildman–Crippen LogP) is 3.27. The Morgan fingerprint density at radius 2 is 1.96 bits per heavy atom. The van der Waals surface area contributed by atoms with Crippen LogP contribution in [0.25, 0.3) is 15.7 Å². The molecule has 26 heavy (non-hydrogen) atoms. The highest BCUT2D eigenvalue weighted by Gasteiger charge is 2.16. The van der Waals surface area contributed by atoms with Gasteiger partial charge >= 0.3 is 5.97 Å². The molecular weight excluding hydrogens is 352 g/mol. The third-order valence-corrected chi connectivity index (χ3v) is 4.75. The molecule has 0 aliphatic carbocycles. The standard InChI is InChI=1S/C19H14N2O4S/c1-24-16-9-13-5-3-2-4-12(13)8-15(16)18(23)25-11-14-10-17(22)21-6-7-26-19(21)20-14/h2-10H,11H2,1H3. The van der Waals surface area contributed by atoms with E-state index in [0.29, 0.717) is 22.0 Å². The Kier molecular flexibility index (Phi) is 4.14. The van der Waals surface area contributed by atoms with Crippen molar-refractivity contribution in [3.8, 4) is 5.75 Å². The van der Waals surface area contributed by atoms with Crippen LogP contribution in [0.2, 0.25) is 0 Å². The van der Waals surface area contributed by atoms with Crippen molar-refractivity contribution in [1.82, 2.24) is 9.38 Å². The summed E-state index contributed by atoms with van der Waals surface area (Å²) < 4.78 is 12.1. The highest BCUT2D eigenvalue weighted by molar-refractivity contribution is 7.15. The van der Waals surface area contributed by atoms with E-state index in [-0.39, 0.29) is 12.2 Å². The molecule has 130 valence electrons. The minimum atomic E-state index is -0.527. The molecule has 0 aliphatic heterocycles. The molecule has 2 aromatic heterocycles. The fourth-order valence-corrected chi connectivity index (χ4v) is 3.47. The molecule has 6 nitrogen and oxygen atoms in total. The Balaban J connectivity index is 1.61. The van der Waals surface area contributed by atoms with Crippen LogP contribution in [0, 0.1) is 0 Å². The Morgan fingerprint density at radius 1 is 1.19 bits per heavy atom. The van der Waals surface area contributed by atoms with Crippen LogP contribution < -0.4 is 10.3 Å². The van der Waals surface area contributed by atoms with Crippen LogP contribution in [0.5, 0.6) is 5.75 Å². The van der Waals surface area contributed by atoms with Crippen molar-refractivity contribution < 1.29 is 14.3 Å². The molecule has 0 radical (unpaired) electrons. The van der Waals surface area contributed by atoms with Gasteiger partial charge < -0.3 is 9.47 Å². The smallest absolute Gasteiger partial charge is 0.342 e. The zero-order valence-electron chi connectivity index (χ0n) is 13.8. The summed E-state index contributed by atoms with van der Waals surface area (Å²) in [6, 6.07) is 12.6. The average molecular weight is 366 g/mol. The zero-order valence-corrected chi connectivity index (χ0v) is 14.7. The molecule has 7 heteroatoms. The molecule has 2 heterocycles. The minimum absolute atomic E-state index is 0.0849. The lowest BCUT2D eigenvalue weighted by molar-refractivity contribution is 0.0464. The summed E-state index contributed by atoms with van der Waals surface area (Å²) in [7, 11) is 1.51. The van der Waals surface area contributed by atoms with Gasteiger partial charge in [-0.15, -0.1) is 11.3 Å². The molecule has 0 atom stereocenters. The normalized spacial score (nSPS) is 11.0. The molecule has 0 bridgehead atoms. The van der Waals surface area contributed by atoms with Crippen molar-refractivity contribution in [3.05, 3.63) is 75.7 Å². The topological polar surface area (TPSA) is 69.9 Å². The Labute approximate surface area is 152 Å². The number of benzene rings is 2. The predicted molar refractivity (Wildman–Crippen MR) is 99.0 cm³/mol. The summed E-state index contributed by atoms with van der Waals surface area (Å²) in [5, 5.41) is 3.66. The number of aromatic nitrogens is 2. The number of thiazole rings is 1. The number of fused-ring (bicyclic) bond motifs is 2. The van der Waals surface area contributed by atoms with Crippen LogP contribution in [0.3, 0.4) is 0 Å². The van der Waals surface area contributed by atoms with Crippen molar-refractivity contribution in [1.29, 1.82) is 0 Å². The molecule has 0 aliphatic rings. The van der Waals surface area contributed by atoms with Gasteiger partial charge in [0, 0.05) is 17.6 Å². The molecule has 0 saturated carbocycles. The highest BCUT2D eigenvalue weighted by Crippen LogP contribution is 2.26. The second-order valence-electron chi connectivity index (χ2n) is 5.62. The van der Waals surface area contributed by atoms with E-state index in [0.717, 1.165) is 10.8 Å². The van der Waals surface area contributed by atoms with E-state index >= 15 is 0 Å². The largest absolute Gasteiger partial charge is 0.496 e. The van der Waals surface area contributed by atoms with Gasteiger partial charge in [-0.1, -0.05) is 24.3 Å². The number of carbonyl (C=O) groups excluding carboxylic acids is 1. The molecule has 0 amide bonds.